The number of hydrogen-bond donors (Lipinski definition) is 0. The van der Waals surface area contributed by atoms with Gasteiger partial charge in [-0.2, -0.15) is 0 Å². The second-order valence-corrected chi connectivity index (χ2v) is 4.34. The predicted molar refractivity (Wildman–Crippen MR) is 59.2 cm³/mol. The summed E-state index contributed by atoms with van der Waals surface area (Å²) in [5.74, 6) is 0.892. The second-order valence-electron chi connectivity index (χ2n) is 4.34. The average molecular weight is 192 g/mol. The van der Waals surface area contributed by atoms with E-state index in [1.54, 1.807) is 5.57 Å². The van der Waals surface area contributed by atoms with Gasteiger partial charge in [-0.25, -0.2) is 0 Å². The summed E-state index contributed by atoms with van der Waals surface area (Å²) in [6, 6.07) is 0. The Labute approximate surface area is 86.8 Å². The lowest BCUT2D eigenvalue weighted by atomic mass is 10.0. The Morgan fingerprint density at radius 2 is 2.29 bits per heavy atom. The summed E-state index contributed by atoms with van der Waals surface area (Å²) in [5.41, 5.74) is 1.56. The van der Waals surface area contributed by atoms with Crippen molar-refractivity contribution >= 4 is 0 Å². The molecule has 2 aliphatic rings. The van der Waals surface area contributed by atoms with E-state index in [1.165, 1.54) is 25.7 Å². The van der Waals surface area contributed by atoms with Crippen LogP contribution in [0.25, 0.3) is 0 Å². The lowest BCUT2D eigenvalue weighted by molar-refractivity contribution is 0.0838. The first-order valence-electron chi connectivity index (χ1n) is 5.90. The molecule has 2 aliphatic carbocycles. The molecule has 78 valence electrons. The molecule has 0 radical (unpaired) electrons. The van der Waals surface area contributed by atoms with Crippen molar-refractivity contribution in [1.29, 1.82) is 0 Å². The molecule has 1 nitrogen and oxygen atoms in total. The van der Waals surface area contributed by atoms with Crippen LogP contribution in [0.3, 0.4) is 0 Å². The van der Waals surface area contributed by atoms with Gasteiger partial charge in [0, 0.05) is 6.61 Å². The summed E-state index contributed by atoms with van der Waals surface area (Å²) in [6.45, 7) is 3.11. The third-order valence-corrected chi connectivity index (χ3v) is 2.97. The van der Waals surface area contributed by atoms with Gasteiger partial charge in [0.2, 0.25) is 0 Å². The van der Waals surface area contributed by atoms with Gasteiger partial charge in [0.1, 0.15) is 0 Å². The fraction of sp³-hybridized carbons (Fsp3) is 0.692. The van der Waals surface area contributed by atoms with E-state index in [-0.39, 0.29) is 0 Å². The average Bonchev–Trinajstić information content (AvgIpc) is 3.03. The Morgan fingerprint density at radius 1 is 1.43 bits per heavy atom. The Bertz CT molecular complexity index is 236. The second kappa shape index (κ2) is 4.79. The topological polar surface area (TPSA) is 9.23 Å². The molecule has 0 aromatic carbocycles. The molecule has 0 N–H and O–H groups in total. The third kappa shape index (κ3) is 2.71. The van der Waals surface area contributed by atoms with Crippen LogP contribution in [-0.4, -0.2) is 12.7 Å². The Kier molecular flexibility index (Phi) is 3.41. The minimum absolute atomic E-state index is 0.351. The predicted octanol–water partition coefficient (Wildman–Crippen LogP) is 3.47. The van der Waals surface area contributed by atoms with Crippen molar-refractivity contribution in [2.45, 2.75) is 45.1 Å². The van der Waals surface area contributed by atoms with Crippen LogP contribution in [0, 0.1) is 5.92 Å². The molecule has 14 heavy (non-hydrogen) atoms. The number of allylic oxidation sites excluding steroid dienone is 2. The van der Waals surface area contributed by atoms with Crippen molar-refractivity contribution in [2.24, 2.45) is 5.92 Å². The van der Waals surface area contributed by atoms with Crippen LogP contribution < -0.4 is 0 Å². The van der Waals surface area contributed by atoms with Gasteiger partial charge in [-0.1, -0.05) is 31.6 Å². The van der Waals surface area contributed by atoms with Crippen LogP contribution in [0.4, 0.5) is 0 Å². The Balaban J connectivity index is 1.70. The molecule has 1 fully saturated rings. The first-order valence-corrected chi connectivity index (χ1v) is 5.90. The summed E-state index contributed by atoms with van der Waals surface area (Å²) in [6.07, 6.45) is 13.5. The van der Waals surface area contributed by atoms with E-state index in [4.69, 9.17) is 4.74 Å². The standard InChI is InChI=1S/C13H20O/c1-2-3-10-14-13-8-6-12(7-9-13)11-4-5-11/h6-8,11,13H,2-5,9-10H2,1H3. The van der Waals surface area contributed by atoms with Gasteiger partial charge in [-0.15, -0.1) is 0 Å². The molecule has 0 heterocycles. The first-order chi connectivity index (χ1) is 6.90. The van der Waals surface area contributed by atoms with E-state index in [1.807, 2.05) is 0 Å². The maximum absolute atomic E-state index is 5.74. The van der Waals surface area contributed by atoms with Crippen LogP contribution in [0.2, 0.25) is 0 Å². The lowest BCUT2D eigenvalue weighted by Gasteiger charge is -2.16. The molecule has 1 atom stereocenters. The zero-order chi connectivity index (χ0) is 9.80. The van der Waals surface area contributed by atoms with Crippen LogP contribution in [-0.2, 0) is 4.74 Å². The molecule has 1 saturated carbocycles. The summed E-state index contributed by atoms with van der Waals surface area (Å²) in [5, 5.41) is 0. The number of unbranched alkanes of at least 4 members (excludes halogenated alkanes) is 1. The molecule has 0 amide bonds. The van der Waals surface area contributed by atoms with Crippen LogP contribution in [0.1, 0.15) is 39.0 Å². The van der Waals surface area contributed by atoms with E-state index in [0.29, 0.717) is 6.10 Å². The van der Waals surface area contributed by atoms with Gasteiger partial charge >= 0.3 is 0 Å². The van der Waals surface area contributed by atoms with Crippen molar-refractivity contribution in [3.05, 3.63) is 23.8 Å². The first kappa shape index (κ1) is 9.97. The minimum atomic E-state index is 0.351. The van der Waals surface area contributed by atoms with E-state index in [2.05, 4.69) is 25.2 Å². The minimum Gasteiger partial charge on any atom is -0.374 e. The fourth-order valence-corrected chi connectivity index (χ4v) is 1.84. The van der Waals surface area contributed by atoms with Crippen molar-refractivity contribution in [3.8, 4) is 0 Å². The van der Waals surface area contributed by atoms with Gasteiger partial charge in [-0.05, 0) is 37.2 Å². The molecule has 0 aromatic heterocycles. The van der Waals surface area contributed by atoms with Gasteiger partial charge in [-0.3, -0.25) is 0 Å². The van der Waals surface area contributed by atoms with Crippen LogP contribution in [0.5, 0.6) is 0 Å². The zero-order valence-corrected chi connectivity index (χ0v) is 9.04. The summed E-state index contributed by atoms with van der Waals surface area (Å²) in [7, 11) is 0. The molecule has 2 rings (SSSR count). The Morgan fingerprint density at radius 3 is 2.86 bits per heavy atom. The SMILES string of the molecule is CCCCOC1C=CC(C2CC2)=CC1. The zero-order valence-electron chi connectivity index (χ0n) is 9.04. The smallest absolute Gasteiger partial charge is 0.0793 e. The van der Waals surface area contributed by atoms with Crippen molar-refractivity contribution in [2.75, 3.05) is 6.61 Å². The van der Waals surface area contributed by atoms with Gasteiger partial charge < -0.3 is 4.74 Å². The fourth-order valence-electron chi connectivity index (χ4n) is 1.84. The molecule has 0 saturated heterocycles. The largest absolute Gasteiger partial charge is 0.374 e. The van der Waals surface area contributed by atoms with Crippen molar-refractivity contribution in [3.63, 3.8) is 0 Å². The highest BCUT2D eigenvalue weighted by Gasteiger charge is 2.25. The van der Waals surface area contributed by atoms with Gasteiger partial charge in [0.15, 0.2) is 0 Å². The van der Waals surface area contributed by atoms with Crippen LogP contribution in [0.15, 0.2) is 23.8 Å². The molecule has 0 aromatic rings. The molecule has 0 bridgehead atoms. The van der Waals surface area contributed by atoms with Crippen molar-refractivity contribution in [1.82, 2.24) is 0 Å². The number of ether oxygens (including phenoxy) is 1. The van der Waals surface area contributed by atoms with Crippen molar-refractivity contribution < 1.29 is 4.74 Å². The maximum atomic E-state index is 5.74. The molecular formula is C13H20O. The van der Waals surface area contributed by atoms with E-state index < -0.39 is 0 Å². The Hall–Kier alpha value is -0.560. The maximum Gasteiger partial charge on any atom is 0.0793 e. The highest BCUT2D eigenvalue weighted by Crippen LogP contribution is 2.38. The van der Waals surface area contributed by atoms with Gasteiger partial charge in [0.25, 0.3) is 0 Å². The highest BCUT2D eigenvalue weighted by atomic mass is 16.5. The van der Waals surface area contributed by atoms with E-state index in [9.17, 15) is 0 Å². The molecular weight excluding hydrogens is 172 g/mol. The number of hydrogen-bond acceptors (Lipinski definition) is 1. The lowest BCUT2D eigenvalue weighted by Crippen LogP contribution is -2.12. The normalized spacial score (nSPS) is 26.4. The molecule has 1 unspecified atom stereocenters. The summed E-state index contributed by atoms with van der Waals surface area (Å²) >= 11 is 0. The molecule has 1 heteroatoms. The molecule has 0 aliphatic heterocycles. The summed E-state index contributed by atoms with van der Waals surface area (Å²) in [4.78, 5) is 0. The highest BCUT2D eigenvalue weighted by molar-refractivity contribution is 5.29. The third-order valence-electron chi connectivity index (χ3n) is 2.97. The monoisotopic (exact) mass is 192 g/mol. The quantitative estimate of drug-likeness (QED) is 0.606. The van der Waals surface area contributed by atoms with Crippen LogP contribution >= 0.6 is 0 Å². The number of rotatable bonds is 5. The summed E-state index contributed by atoms with van der Waals surface area (Å²) < 4.78 is 5.74. The van der Waals surface area contributed by atoms with E-state index >= 15 is 0 Å². The van der Waals surface area contributed by atoms with E-state index in [0.717, 1.165) is 18.9 Å². The van der Waals surface area contributed by atoms with Gasteiger partial charge in [0.05, 0.1) is 6.10 Å². The molecule has 0 spiro atoms.